The highest BCUT2D eigenvalue weighted by molar-refractivity contribution is 9.10. The second-order valence-electron chi connectivity index (χ2n) is 5.71. The molecule has 130 valence electrons. The van der Waals surface area contributed by atoms with Crippen molar-refractivity contribution < 1.29 is 4.74 Å². The Morgan fingerprint density at radius 1 is 1.19 bits per heavy atom. The van der Waals surface area contributed by atoms with Gasteiger partial charge in [-0.3, -0.25) is 9.36 Å². The first kappa shape index (κ1) is 16.9. The van der Waals surface area contributed by atoms with Crippen LogP contribution < -0.4 is 10.3 Å². The molecular formula is C19H14BrN3O2S. The minimum absolute atomic E-state index is 0.0738. The first-order chi connectivity index (χ1) is 12.6. The number of thiazole rings is 1. The van der Waals surface area contributed by atoms with Gasteiger partial charge in [-0.2, -0.15) is 0 Å². The van der Waals surface area contributed by atoms with Gasteiger partial charge in [0, 0.05) is 15.4 Å². The number of hydrogen-bond donors (Lipinski definition) is 0. The summed E-state index contributed by atoms with van der Waals surface area (Å²) in [5.41, 5.74) is 2.47. The summed E-state index contributed by atoms with van der Waals surface area (Å²) in [5, 5.41) is 3.47. The number of ether oxygens (including phenoxy) is 1. The van der Waals surface area contributed by atoms with E-state index in [4.69, 9.17) is 4.74 Å². The van der Waals surface area contributed by atoms with Crippen LogP contribution in [0.2, 0.25) is 0 Å². The largest absolute Gasteiger partial charge is 0.497 e. The summed E-state index contributed by atoms with van der Waals surface area (Å²) in [6, 6.07) is 13.3. The van der Waals surface area contributed by atoms with E-state index in [-0.39, 0.29) is 5.56 Å². The third-order valence-electron chi connectivity index (χ3n) is 4.01. The minimum Gasteiger partial charge on any atom is -0.497 e. The number of rotatable bonds is 4. The van der Waals surface area contributed by atoms with Gasteiger partial charge in [-0.15, -0.1) is 11.3 Å². The van der Waals surface area contributed by atoms with E-state index in [1.165, 1.54) is 0 Å². The maximum absolute atomic E-state index is 12.7. The summed E-state index contributed by atoms with van der Waals surface area (Å²) in [7, 11) is 1.64. The number of fused-ring (bicyclic) bond motifs is 1. The van der Waals surface area contributed by atoms with Gasteiger partial charge in [0.2, 0.25) is 0 Å². The lowest BCUT2D eigenvalue weighted by Gasteiger charge is -2.05. The fourth-order valence-corrected chi connectivity index (χ4v) is 3.84. The topological polar surface area (TPSA) is 57.0 Å². The molecule has 4 aromatic rings. The highest BCUT2D eigenvalue weighted by atomic mass is 79.9. The highest BCUT2D eigenvalue weighted by Crippen LogP contribution is 2.26. The standard InChI is InChI=1S/C19H14BrN3O2S/c1-25-15-5-2-12(3-6-15)18-22-14(10-26-18)9-23-11-21-17-7-4-13(20)8-16(17)19(23)24/h2-8,10-11H,9H2,1H3. The van der Waals surface area contributed by atoms with Crippen molar-refractivity contribution in [3.8, 4) is 16.3 Å². The third-order valence-corrected chi connectivity index (χ3v) is 5.44. The number of aromatic nitrogens is 3. The first-order valence-electron chi connectivity index (χ1n) is 7.87. The summed E-state index contributed by atoms with van der Waals surface area (Å²) < 4.78 is 7.62. The van der Waals surface area contributed by atoms with Crippen LogP contribution in [0.4, 0.5) is 0 Å². The first-order valence-corrected chi connectivity index (χ1v) is 9.55. The molecule has 0 aliphatic heterocycles. The number of halogens is 1. The molecule has 0 aliphatic rings. The normalized spacial score (nSPS) is 11.0. The van der Waals surface area contributed by atoms with Gasteiger partial charge in [0.05, 0.1) is 36.6 Å². The molecule has 0 bridgehead atoms. The number of nitrogens with zero attached hydrogens (tertiary/aromatic N) is 3. The minimum atomic E-state index is -0.0738. The van der Waals surface area contributed by atoms with E-state index in [2.05, 4.69) is 25.9 Å². The summed E-state index contributed by atoms with van der Waals surface area (Å²) in [6.07, 6.45) is 1.57. The summed E-state index contributed by atoms with van der Waals surface area (Å²) in [5.74, 6) is 0.811. The van der Waals surface area contributed by atoms with Crippen LogP contribution in [0.3, 0.4) is 0 Å². The Bertz CT molecular complexity index is 1140. The molecule has 2 aromatic carbocycles. The summed E-state index contributed by atoms with van der Waals surface area (Å²) in [4.78, 5) is 21.7. The van der Waals surface area contributed by atoms with Crippen LogP contribution in [0, 0.1) is 0 Å². The molecule has 0 radical (unpaired) electrons. The zero-order valence-corrected chi connectivity index (χ0v) is 16.3. The molecule has 0 atom stereocenters. The second kappa shape index (κ2) is 7.01. The Hall–Kier alpha value is -2.51. The van der Waals surface area contributed by atoms with Gasteiger partial charge in [-0.05, 0) is 42.5 Å². The Morgan fingerprint density at radius 3 is 2.77 bits per heavy atom. The van der Waals surface area contributed by atoms with Crippen LogP contribution in [0.1, 0.15) is 5.69 Å². The fraction of sp³-hybridized carbons (Fsp3) is 0.105. The van der Waals surface area contributed by atoms with Crippen LogP contribution in [0.15, 0.2) is 63.4 Å². The molecular weight excluding hydrogens is 414 g/mol. The molecule has 0 saturated heterocycles. The van der Waals surface area contributed by atoms with E-state index < -0.39 is 0 Å². The molecule has 7 heteroatoms. The van der Waals surface area contributed by atoms with Crippen LogP contribution >= 0.6 is 27.3 Å². The second-order valence-corrected chi connectivity index (χ2v) is 7.49. The maximum Gasteiger partial charge on any atom is 0.261 e. The summed E-state index contributed by atoms with van der Waals surface area (Å²) in [6.45, 7) is 0.390. The van der Waals surface area contributed by atoms with Crippen molar-refractivity contribution in [3.05, 3.63) is 74.7 Å². The zero-order chi connectivity index (χ0) is 18.1. The lowest BCUT2D eigenvalue weighted by Crippen LogP contribution is -2.21. The van der Waals surface area contributed by atoms with Crippen molar-refractivity contribution in [1.82, 2.24) is 14.5 Å². The SMILES string of the molecule is COc1ccc(-c2nc(Cn3cnc4ccc(Br)cc4c3=O)cs2)cc1. The Kier molecular flexibility index (Phi) is 4.57. The number of benzene rings is 2. The van der Waals surface area contributed by atoms with Crippen molar-refractivity contribution in [2.45, 2.75) is 6.54 Å². The third kappa shape index (κ3) is 3.27. The van der Waals surface area contributed by atoms with Crippen molar-refractivity contribution >= 4 is 38.2 Å². The van der Waals surface area contributed by atoms with Gasteiger partial charge < -0.3 is 4.74 Å². The molecule has 0 amide bonds. The van der Waals surface area contributed by atoms with E-state index in [0.717, 1.165) is 26.5 Å². The van der Waals surface area contributed by atoms with Gasteiger partial charge in [0.25, 0.3) is 5.56 Å². The van der Waals surface area contributed by atoms with E-state index in [1.54, 1.807) is 35.4 Å². The van der Waals surface area contributed by atoms with Gasteiger partial charge >= 0.3 is 0 Å². The number of hydrogen-bond acceptors (Lipinski definition) is 5. The van der Waals surface area contributed by atoms with Crippen molar-refractivity contribution in [2.75, 3.05) is 7.11 Å². The van der Waals surface area contributed by atoms with Crippen molar-refractivity contribution in [2.24, 2.45) is 0 Å². The molecule has 0 saturated carbocycles. The Balaban J connectivity index is 1.64. The smallest absolute Gasteiger partial charge is 0.261 e. The summed E-state index contributed by atoms with van der Waals surface area (Å²) >= 11 is 4.95. The monoisotopic (exact) mass is 427 g/mol. The quantitative estimate of drug-likeness (QED) is 0.485. The van der Waals surface area contributed by atoms with Crippen LogP contribution in [0.5, 0.6) is 5.75 Å². The van der Waals surface area contributed by atoms with Gasteiger partial charge in [-0.1, -0.05) is 15.9 Å². The lowest BCUT2D eigenvalue weighted by molar-refractivity contribution is 0.415. The molecule has 0 fully saturated rings. The Morgan fingerprint density at radius 2 is 2.00 bits per heavy atom. The number of methoxy groups -OCH3 is 1. The van der Waals surface area contributed by atoms with E-state index in [1.807, 2.05) is 41.8 Å². The van der Waals surface area contributed by atoms with E-state index in [9.17, 15) is 4.79 Å². The molecule has 4 rings (SSSR count). The van der Waals surface area contributed by atoms with Crippen molar-refractivity contribution in [1.29, 1.82) is 0 Å². The molecule has 2 heterocycles. The molecule has 0 N–H and O–H groups in total. The maximum atomic E-state index is 12.7. The lowest BCUT2D eigenvalue weighted by atomic mass is 10.2. The fourth-order valence-electron chi connectivity index (χ4n) is 2.66. The molecule has 0 unspecified atom stereocenters. The predicted molar refractivity (Wildman–Crippen MR) is 107 cm³/mol. The van der Waals surface area contributed by atoms with Gasteiger partial charge in [-0.25, -0.2) is 9.97 Å². The Labute approximate surface area is 162 Å². The zero-order valence-electron chi connectivity index (χ0n) is 13.8. The van der Waals surface area contributed by atoms with E-state index in [0.29, 0.717) is 17.4 Å². The average molecular weight is 428 g/mol. The van der Waals surface area contributed by atoms with Gasteiger partial charge in [0.15, 0.2) is 0 Å². The molecule has 0 aliphatic carbocycles. The van der Waals surface area contributed by atoms with Crippen LogP contribution in [0.25, 0.3) is 21.5 Å². The predicted octanol–water partition coefficient (Wildman–Crippen LogP) is 4.34. The van der Waals surface area contributed by atoms with E-state index >= 15 is 0 Å². The molecule has 0 spiro atoms. The highest BCUT2D eigenvalue weighted by Gasteiger charge is 2.09. The van der Waals surface area contributed by atoms with Crippen LogP contribution in [-0.2, 0) is 6.54 Å². The van der Waals surface area contributed by atoms with Crippen molar-refractivity contribution in [3.63, 3.8) is 0 Å². The molecule has 2 aromatic heterocycles. The molecule has 5 nitrogen and oxygen atoms in total. The van der Waals surface area contributed by atoms with Crippen LogP contribution in [-0.4, -0.2) is 21.6 Å². The molecule has 26 heavy (non-hydrogen) atoms. The van der Waals surface area contributed by atoms with Gasteiger partial charge in [0.1, 0.15) is 10.8 Å². The average Bonchev–Trinajstić information content (AvgIpc) is 3.13.